The monoisotopic (exact) mass is 260 g/mol. The van der Waals surface area contributed by atoms with Gasteiger partial charge in [0.05, 0.1) is 11.9 Å². The van der Waals surface area contributed by atoms with Gasteiger partial charge in [0.1, 0.15) is 5.82 Å². The highest BCUT2D eigenvalue weighted by atomic mass is 32.2. The molecule has 0 aliphatic rings. The summed E-state index contributed by atoms with van der Waals surface area (Å²) >= 11 is 0. The molecule has 0 aromatic heterocycles. The van der Waals surface area contributed by atoms with Crippen LogP contribution in [-0.4, -0.2) is 20.6 Å². The third kappa shape index (κ3) is 4.81. The molecule has 0 spiro atoms. The molecule has 0 fully saturated rings. The number of anilines is 1. The summed E-state index contributed by atoms with van der Waals surface area (Å²) in [5.74, 6) is -0.901. The fraction of sp³-hybridized carbons (Fsp3) is 0.300. The summed E-state index contributed by atoms with van der Waals surface area (Å²) in [7, 11) is -3.50. The van der Waals surface area contributed by atoms with E-state index in [9.17, 15) is 17.6 Å². The van der Waals surface area contributed by atoms with Crippen molar-refractivity contribution in [2.75, 3.05) is 11.0 Å². The highest BCUT2D eigenvalue weighted by molar-refractivity contribution is 7.92. The zero-order valence-electron chi connectivity index (χ0n) is 9.45. The standard InChI is InChI=1S/C10H13FN2O3S/c1-7(14)12-6-8-3-4-10(9(11)5-8)13-17(2,15)16/h3-5,13H,6H2,1-2H3,(H,12,14). The minimum Gasteiger partial charge on any atom is -0.352 e. The van der Waals surface area contributed by atoms with E-state index < -0.39 is 15.8 Å². The van der Waals surface area contributed by atoms with Crippen molar-refractivity contribution in [3.63, 3.8) is 0 Å². The second-order valence-corrected chi connectivity index (χ2v) is 5.35. The Morgan fingerprint density at radius 3 is 2.53 bits per heavy atom. The summed E-state index contributed by atoms with van der Waals surface area (Å²) in [5, 5.41) is 2.51. The number of nitrogens with one attached hydrogen (secondary N) is 2. The number of carbonyl (C=O) groups is 1. The maximum absolute atomic E-state index is 13.5. The molecule has 0 aliphatic heterocycles. The molecule has 0 radical (unpaired) electrons. The maximum Gasteiger partial charge on any atom is 0.229 e. The quantitative estimate of drug-likeness (QED) is 0.842. The van der Waals surface area contributed by atoms with E-state index in [0.29, 0.717) is 5.56 Å². The molecule has 7 heteroatoms. The molecule has 0 bridgehead atoms. The van der Waals surface area contributed by atoms with Crippen LogP contribution in [0.4, 0.5) is 10.1 Å². The highest BCUT2D eigenvalue weighted by Gasteiger charge is 2.08. The van der Waals surface area contributed by atoms with Crippen LogP contribution in [-0.2, 0) is 21.4 Å². The summed E-state index contributed by atoms with van der Waals surface area (Å²) in [6.07, 6.45) is 0.942. The zero-order valence-corrected chi connectivity index (χ0v) is 10.3. The molecule has 2 N–H and O–H groups in total. The van der Waals surface area contributed by atoms with Gasteiger partial charge in [-0.05, 0) is 17.7 Å². The van der Waals surface area contributed by atoms with E-state index >= 15 is 0 Å². The number of benzene rings is 1. The van der Waals surface area contributed by atoms with Crippen LogP contribution in [0.25, 0.3) is 0 Å². The van der Waals surface area contributed by atoms with E-state index in [4.69, 9.17) is 0 Å². The molecule has 0 saturated carbocycles. The van der Waals surface area contributed by atoms with Crippen LogP contribution in [0.15, 0.2) is 18.2 Å². The predicted molar refractivity (Wildman–Crippen MR) is 62.4 cm³/mol. The minimum atomic E-state index is -3.50. The van der Waals surface area contributed by atoms with Gasteiger partial charge < -0.3 is 5.32 Å². The summed E-state index contributed by atoms with van der Waals surface area (Å²) in [5.41, 5.74) is 0.441. The lowest BCUT2D eigenvalue weighted by Gasteiger charge is -2.07. The van der Waals surface area contributed by atoms with Gasteiger partial charge in [0.2, 0.25) is 15.9 Å². The molecule has 0 saturated heterocycles. The Morgan fingerprint density at radius 2 is 2.06 bits per heavy atom. The molecular weight excluding hydrogens is 247 g/mol. The van der Waals surface area contributed by atoms with Crippen LogP contribution in [0.3, 0.4) is 0 Å². The van der Waals surface area contributed by atoms with Crippen molar-refractivity contribution in [2.24, 2.45) is 0 Å². The highest BCUT2D eigenvalue weighted by Crippen LogP contribution is 2.16. The third-order valence-corrected chi connectivity index (χ3v) is 2.46. The van der Waals surface area contributed by atoms with Crippen LogP contribution >= 0.6 is 0 Å². The average Bonchev–Trinajstić information content (AvgIpc) is 2.17. The van der Waals surface area contributed by atoms with E-state index in [1.165, 1.54) is 25.1 Å². The molecule has 1 aromatic carbocycles. The van der Waals surface area contributed by atoms with Gasteiger partial charge in [0.25, 0.3) is 0 Å². The molecule has 0 aliphatic carbocycles. The van der Waals surface area contributed by atoms with Crippen molar-refractivity contribution in [1.29, 1.82) is 0 Å². The minimum absolute atomic E-state index is 0.112. The molecule has 1 rings (SSSR count). The number of hydrogen-bond donors (Lipinski definition) is 2. The lowest BCUT2D eigenvalue weighted by atomic mass is 10.2. The van der Waals surface area contributed by atoms with Gasteiger partial charge in [-0.25, -0.2) is 12.8 Å². The summed E-state index contributed by atoms with van der Waals surface area (Å²) < 4.78 is 37.4. The largest absolute Gasteiger partial charge is 0.352 e. The van der Waals surface area contributed by atoms with Crippen molar-refractivity contribution < 1.29 is 17.6 Å². The van der Waals surface area contributed by atoms with Crippen LogP contribution in [0, 0.1) is 5.82 Å². The maximum atomic E-state index is 13.5. The smallest absolute Gasteiger partial charge is 0.229 e. The van der Waals surface area contributed by atoms with Crippen LogP contribution < -0.4 is 10.0 Å². The second-order valence-electron chi connectivity index (χ2n) is 3.60. The van der Waals surface area contributed by atoms with E-state index in [2.05, 4.69) is 10.0 Å². The SMILES string of the molecule is CC(=O)NCc1ccc(NS(C)(=O)=O)c(F)c1. The zero-order chi connectivity index (χ0) is 13.1. The van der Waals surface area contributed by atoms with Crippen molar-refractivity contribution in [1.82, 2.24) is 5.32 Å². The van der Waals surface area contributed by atoms with Crippen LogP contribution in [0.2, 0.25) is 0 Å². The Labute approximate surface area is 99.1 Å². The van der Waals surface area contributed by atoms with Gasteiger partial charge in [0, 0.05) is 13.5 Å². The van der Waals surface area contributed by atoms with E-state index in [-0.39, 0.29) is 18.1 Å². The number of rotatable bonds is 4. The summed E-state index contributed by atoms with van der Waals surface area (Å²) in [4.78, 5) is 10.7. The Kier molecular flexibility index (Phi) is 4.06. The van der Waals surface area contributed by atoms with E-state index in [1.807, 2.05) is 0 Å². The van der Waals surface area contributed by atoms with Crippen LogP contribution in [0.1, 0.15) is 12.5 Å². The molecule has 5 nitrogen and oxygen atoms in total. The molecular formula is C10H13FN2O3S. The number of halogens is 1. The lowest BCUT2D eigenvalue weighted by Crippen LogP contribution is -2.19. The van der Waals surface area contributed by atoms with E-state index in [1.54, 1.807) is 0 Å². The van der Waals surface area contributed by atoms with Gasteiger partial charge in [-0.2, -0.15) is 0 Å². The molecule has 17 heavy (non-hydrogen) atoms. The molecule has 0 atom stereocenters. The third-order valence-electron chi connectivity index (χ3n) is 1.87. The second kappa shape index (κ2) is 5.13. The molecule has 0 heterocycles. The van der Waals surface area contributed by atoms with Crippen LogP contribution in [0.5, 0.6) is 0 Å². The molecule has 1 aromatic rings. The van der Waals surface area contributed by atoms with E-state index in [0.717, 1.165) is 6.26 Å². The Morgan fingerprint density at radius 1 is 1.41 bits per heavy atom. The topological polar surface area (TPSA) is 75.3 Å². The average molecular weight is 260 g/mol. The summed E-state index contributed by atoms with van der Waals surface area (Å²) in [6, 6.07) is 4.02. The number of sulfonamides is 1. The predicted octanol–water partition coefficient (Wildman–Crippen LogP) is 0.833. The first-order valence-electron chi connectivity index (χ1n) is 4.78. The fourth-order valence-corrected chi connectivity index (χ4v) is 1.74. The van der Waals surface area contributed by atoms with Gasteiger partial charge in [-0.1, -0.05) is 6.07 Å². The normalized spacial score (nSPS) is 11.0. The Hall–Kier alpha value is -1.63. The first kappa shape index (κ1) is 13.4. The first-order chi connectivity index (χ1) is 7.78. The molecule has 94 valence electrons. The summed E-state index contributed by atoms with van der Waals surface area (Å²) in [6.45, 7) is 1.56. The van der Waals surface area contributed by atoms with Gasteiger partial charge in [-0.3, -0.25) is 9.52 Å². The first-order valence-corrected chi connectivity index (χ1v) is 6.68. The van der Waals surface area contributed by atoms with Crippen molar-refractivity contribution in [2.45, 2.75) is 13.5 Å². The van der Waals surface area contributed by atoms with Gasteiger partial charge >= 0.3 is 0 Å². The van der Waals surface area contributed by atoms with Crippen molar-refractivity contribution in [3.05, 3.63) is 29.6 Å². The Bertz CT molecular complexity index is 528. The molecule has 1 amide bonds. The van der Waals surface area contributed by atoms with Gasteiger partial charge in [-0.15, -0.1) is 0 Å². The number of amides is 1. The lowest BCUT2D eigenvalue weighted by molar-refractivity contribution is -0.119. The van der Waals surface area contributed by atoms with Crippen molar-refractivity contribution in [3.8, 4) is 0 Å². The molecule has 0 unspecified atom stereocenters. The number of hydrogen-bond acceptors (Lipinski definition) is 3. The Balaban J connectivity index is 2.83. The van der Waals surface area contributed by atoms with Gasteiger partial charge in [0.15, 0.2) is 0 Å². The fourth-order valence-electron chi connectivity index (χ4n) is 1.18. The number of carbonyl (C=O) groups excluding carboxylic acids is 1. The van der Waals surface area contributed by atoms with Crippen molar-refractivity contribution >= 4 is 21.6 Å².